The molecular formula is C27H23ClN4. The molecule has 1 N–H and O–H groups in total. The summed E-state index contributed by atoms with van der Waals surface area (Å²) in [6.07, 6.45) is 0.765. The fraction of sp³-hybridized carbons (Fsp3) is 0.222. The monoisotopic (exact) mass is 438 g/mol. The minimum Gasteiger partial charge on any atom is -0.312 e. The summed E-state index contributed by atoms with van der Waals surface area (Å²) >= 11 is 6.05. The second-order valence-corrected chi connectivity index (χ2v) is 8.23. The zero-order valence-electron chi connectivity index (χ0n) is 17.8. The quantitative estimate of drug-likeness (QED) is 0.489. The molecule has 0 radical (unpaired) electrons. The smallest absolute Gasteiger partial charge is 0.0991 e. The molecule has 5 heteroatoms. The van der Waals surface area contributed by atoms with Gasteiger partial charge in [-0.15, -0.1) is 0 Å². The van der Waals surface area contributed by atoms with Crippen LogP contribution in [0.1, 0.15) is 46.6 Å². The van der Waals surface area contributed by atoms with Gasteiger partial charge < -0.3 is 5.32 Å². The Kier molecular flexibility index (Phi) is 8.02. The Bertz CT molecular complexity index is 1180. The van der Waals surface area contributed by atoms with Crippen LogP contribution in [-0.2, 0) is 6.42 Å². The van der Waals surface area contributed by atoms with Crippen LogP contribution in [0.5, 0.6) is 0 Å². The Labute approximate surface area is 194 Å². The van der Waals surface area contributed by atoms with Crippen LogP contribution in [-0.4, -0.2) is 12.6 Å². The molecule has 3 unspecified atom stereocenters. The summed E-state index contributed by atoms with van der Waals surface area (Å²) in [5, 5.41) is 32.4. The molecule has 0 bridgehead atoms. The van der Waals surface area contributed by atoms with E-state index in [2.05, 4.69) is 30.4 Å². The van der Waals surface area contributed by atoms with E-state index in [1.807, 2.05) is 48.5 Å². The van der Waals surface area contributed by atoms with E-state index in [-0.39, 0.29) is 17.9 Å². The maximum atomic E-state index is 9.72. The van der Waals surface area contributed by atoms with Crippen molar-refractivity contribution in [2.24, 2.45) is 0 Å². The molecule has 0 aromatic heterocycles. The van der Waals surface area contributed by atoms with E-state index < -0.39 is 0 Å². The van der Waals surface area contributed by atoms with E-state index in [0.29, 0.717) is 22.7 Å². The van der Waals surface area contributed by atoms with Crippen molar-refractivity contribution in [3.63, 3.8) is 0 Å². The predicted molar refractivity (Wildman–Crippen MR) is 126 cm³/mol. The first-order chi connectivity index (χ1) is 15.5. The summed E-state index contributed by atoms with van der Waals surface area (Å²) in [6, 6.07) is 29.4. The topological polar surface area (TPSA) is 83.4 Å². The number of rotatable bonds is 8. The Morgan fingerprint density at radius 2 is 1.44 bits per heavy atom. The van der Waals surface area contributed by atoms with Crippen molar-refractivity contribution in [3.05, 3.63) is 106 Å². The summed E-state index contributed by atoms with van der Waals surface area (Å²) in [6.45, 7) is 2.56. The number of nitrogens with zero attached hydrogens (tertiary/aromatic N) is 3. The lowest BCUT2D eigenvalue weighted by Crippen LogP contribution is -2.36. The molecule has 32 heavy (non-hydrogen) atoms. The van der Waals surface area contributed by atoms with Gasteiger partial charge >= 0.3 is 0 Å². The highest BCUT2D eigenvalue weighted by Crippen LogP contribution is 2.27. The summed E-state index contributed by atoms with van der Waals surface area (Å²) in [5.41, 5.74) is 4.21. The van der Waals surface area contributed by atoms with Gasteiger partial charge in [0, 0.05) is 23.5 Å². The number of benzene rings is 3. The predicted octanol–water partition coefficient (Wildman–Crippen LogP) is 5.70. The Balaban J connectivity index is 1.81. The number of hydrogen-bond donors (Lipinski definition) is 1. The second-order valence-electron chi connectivity index (χ2n) is 7.79. The van der Waals surface area contributed by atoms with Crippen molar-refractivity contribution in [3.8, 4) is 18.2 Å². The highest BCUT2D eigenvalue weighted by Gasteiger charge is 2.22. The van der Waals surface area contributed by atoms with Gasteiger partial charge in [-0.25, -0.2) is 0 Å². The lowest BCUT2D eigenvalue weighted by Gasteiger charge is -2.27. The minimum atomic E-state index is -0.368. The van der Waals surface area contributed by atoms with E-state index in [1.54, 1.807) is 24.3 Å². The summed E-state index contributed by atoms with van der Waals surface area (Å²) in [5.74, 6) is -0.276. The zero-order chi connectivity index (χ0) is 22.9. The normalized spacial score (nSPS) is 13.2. The number of nitriles is 3. The molecule has 0 heterocycles. The second kappa shape index (κ2) is 11.1. The third kappa shape index (κ3) is 5.96. The van der Waals surface area contributed by atoms with Crippen molar-refractivity contribution in [2.75, 3.05) is 6.54 Å². The molecule has 4 nitrogen and oxygen atoms in total. The van der Waals surface area contributed by atoms with Crippen LogP contribution in [0, 0.1) is 34.0 Å². The van der Waals surface area contributed by atoms with Gasteiger partial charge in [0.25, 0.3) is 0 Å². The molecule has 0 fully saturated rings. The molecule has 3 rings (SSSR count). The Morgan fingerprint density at radius 3 is 2.03 bits per heavy atom. The first-order valence-corrected chi connectivity index (χ1v) is 10.8. The maximum Gasteiger partial charge on any atom is 0.0991 e. The van der Waals surface area contributed by atoms with Gasteiger partial charge in [-0.3, -0.25) is 0 Å². The lowest BCUT2D eigenvalue weighted by molar-refractivity contribution is 0.451. The van der Waals surface area contributed by atoms with E-state index in [0.717, 1.165) is 23.1 Å². The number of hydrogen-bond acceptors (Lipinski definition) is 4. The summed E-state index contributed by atoms with van der Waals surface area (Å²) in [7, 11) is 0. The largest absolute Gasteiger partial charge is 0.312 e. The molecule has 3 atom stereocenters. The van der Waals surface area contributed by atoms with Gasteiger partial charge in [-0.1, -0.05) is 48.0 Å². The molecule has 3 aromatic carbocycles. The van der Waals surface area contributed by atoms with Gasteiger partial charge in [0.2, 0.25) is 0 Å². The first kappa shape index (κ1) is 23.1. The standard InChI is InChI=1S/C27H23ClN4/c1-19(32-18-25(17-31)23-6-2-4-21(12-23)15-29)27(14-20-8-10-26(28)11-9-20)24-7-3-5-22(13-24)16-30/h2-13,19,25,27,32H,14,18H2,1H3. The molecule has 0 aliphatic heterocycles. The molecule has 158 valence electrons. The van der Waals surface area contributed by atoms with Gasteiger partial charge in [0.05, 0.1) is 35.3 Å². The number of nitrogens with one attached hydrogen (secondary N) is 1. The molecule has 0 aliphatic carbocycles. The third-order valence-corrected chi connectivity index (χ3v) is 5.89. The van der Waals surface area contributed by atoms with Gasteiger partial charge in [-0.05, 0) is 66.4 Å². The summed E-state index contributed by atoms with van der Waals surface area (Å²) < 4.78 is 0. The van der Waals surface area contributed by atoms with Gasteiger partial charge in [0.1, 0.15) is 0 Å². The first-order valence-electron chi connectivity index (χ1n) is 10.4. The van der Waals surface area contributed by atoms with Crippen LogP contribution < -0.4 is 5.32 Å². The van der Waals surface area contributed by atoms with Crippen molar-refractivity contribution in [2.45, 2.75) is 31.2 Å². The SMILES string of the molecule is CC(NCC(C#N)c1cccc(C#N)c1)C(Cc1ccc(Cl)cc1)c1cccc(C#N)c1. The molecule has 0 aliphatic rings. The van der Waals surface area contributed by atoms with Crippen LogP contribution in [0.2, 0.25) is 5.02 Å². The lowest BCUT2D eigenvalue weighted by atomic mass is 9.85. The Hall–Kier alpha value is -3.62. The van der Waals surface area contributed by atoms with Crippen LogP contribution in [0.4, 0.5) is 0 Å². The van der Waals surface area contributed by atoms with E-state index in [4.69, 9.17) is 16.9 Å². The third-order valence-electron chi connectivity index (χ3n) is 5.63. The van der Waals surface area contributed by atoms with E-state index in [1.165, 1.54) is 0 Å². The molecule has 0 spiro atoms. The number of halogens is 1. The van der Waals surface area contributed by atoms with Crippen molar-refractivity contribution in [1.82, 2.24) is 5.32 Å². The average molecular weight is 439 g/mol. The molecular weight excluding hydrogens is 416 g/mol. The Morgan fingerprint density at radius 1 is 0.844 bits per heavy atom. The highest BCUT2D eigenvalue weighted by atomic mass is 35.5. The van der Waals surface area contributed by atoms with Crippen LogP contribution in [0.25, 0.3) is 0 Å². The zero-order valence-corrected chi connectivity index (χ0v) is 18.6. The van der Waals surface area contributed by atoms with Crippen molar-refractivity contribution >= 4 is 11.6 Å². The molecule has 3 aromatic rings. The molecule has 0 amide bonds. The molecule has 0 saturated heterocycles. The average Bonchev–Trinajstić information content (AvgIpc) is 2.84. The van der Waals surface area contributed by atoms with Crippen LogP contribution in [0.3, 0.4) is 0 Å². The van der Waals surface area contributed by atoms with Gasteiger partial charge in [0.15, 0.2) is 0 Å². The fourth-order valence-electron chi connectivity index (χ4n) is 3.81. The van der Waals surface area contributed by atoms with Crippen molar-refractivity contribution < 1.29 is 0 Å². The van der Waals surface area contributed by atoms with Crippen molar-refractivity contribution in [1.29, 1.82) is 15.8 Å². The highest BCUT2D eigenvalue weighted by molar-refractivity contribution is 6.30. The minimum absolute atomic E-state index is 0.0367. The van der Waals surface area contributed by atoms with E-state index >= 15 is 0 Å². The van der Waals surface area contributed by atoms with E-state index in [9.17, 15) is 10.5 Å². The van der Waals surface area contributed by atoms with Crippen LogP contribution in [0.15, 0.2) is 72.8 Å². The van der Waals surface area contributed by atoms with Gasteiger partial charge in [-0.2, -0.15) is 15.8 Å². The summed E-state index contributed by atoms with van der Waals surface area (Å²) in [4.78, 5) is 0. The maximum absolute atomic E-state index is 9.72. The molecule has 0 saturated carbocycles. The van der Waals surface area contributed by atoms with Crippen LogP contribution >= 0.6 is 11.6 Å². The fourth-order valence-corrected chi connectivity index (χ4v) is 3.93.